The lowest BCUT2D eigenvalue weighted by Crippen LogP contribution is -2.54. The number of sulfone groups is 1. The number of pyridine rings is 1. The Morgan fingerprint density at radius 1 is 1.09 bits per heavy atom. The molecule has 0 spiro atoms. The van der Waals surface area contributed by atoms with Gasteiger partial charge in [0.25, 0.3) is 5.91 Å². The first kappa shape index (κ1) is 26.6. The van der Waals surface area contributed by atoms with Gasteiger partial charge in [0.1, 0.15) is 5.75 Å². The molecule has 2 aromatic carbocycles. The van der Waals surface area contributed by atoms with Crippen LogP contribution in [0.3, 0.4) is 0 Å². The topological polar surface area (TPSA) is 115 Å². The van der Waals surface area contributed by atoms with Crippen LogP contribution < -0.4 is 10.2 Å². The highest BCUT2D eigenvalue weighted by atomic mass is 35.5. The highest BCUT2D eigenvalue weighted by molar-refractivity contribution is 7.93. The fraction of sp³-hybridized carbons (Fsp3) is 0.280. The summed E-state index contributed by atoms with van der Waals surface area (Å²) < 4.78 is 35.9. The van der Waals surface area contributed by atoms with Crippen LogP contribution in [-0.4, -0.2) is 49.1 Å². The van der Waals surface area contributed by atoms with Crippen LogP contribution in [0, 0.1) is 0 Å². The van der Waals surface area contributed by atoms with Gasteiger partial charge in [0.2, 0.25) is 0 Å². The number of nitrogens with one attached hydrogen (secondary N) is 1. The Hall–Kier alpha value is -2.98. The van der Waals surface area contributed by atoms with Crippen LogP contribution >= 0.6 is 12.4 Å². The number of nitrogens with zero attached hydrogens (tertiary/aromatic N) is 1. The SMILES string of the molecule is Cl.O=C(NO)C1(S(=O)(=O)c2ccc(OCCc3cccc(-c4ccccn4)c3)cc2)CCOCC1.[HH]. The number of carbonyl (C=O) groups excluding carboxylic acids is 1. The molecule has 35 heavy (non-hydrogen) atoms. The van der Waals surface area contributed by atoms with Gasteiger partial charge in [0.05, 0.1) is 17.2 Å². The second kappa shape index (κ2) is 11.6. The molecule has 1 aliphatic rings. The fourth-order valence-electron chi connectivity index (χ4n) is 4.07. The van der Waals surface area contributed by atoms with E-state index in [-0.39, 0.29) is 44.8 Å². The third kappa shape index (κ3) is 5.65. The highest BCUT2D eigenvalue weighted by Crippen LogP contribution is 2.35. The molecule has 0 saturated carbocycles. The van der Waals surface area contributed by atoms with Crippen LogP contribution in [0.15, 0.2) is 77.8 Å². The summed E-state index contributed by atoms with van der Waals surface area (Å²) in [6.45, 7) is 0.650. The number of ether oxygens (including phenoxy) is 2. The van der Waals surface area contributed by atoms with E-state index in [1.165, 1.54) is 17.6 Å². The van der Waals surface area contributed by atoms with E-state index in [9.17, 15) is 13.2 Å². The standard InChI is InChI=1S/C25H26N2O6S.ClH.H2/c28-24(27-29)25(12-16-32-17-13-25)34(30,31)22-9-7-21(8-10-22)33-15-11-19-4-3-5-20(18-19)23-6-1-2-14-26-23;;/h1-10,14,18,29H,11-13,15-17H2,(H,27,28);2*1H. The molecular weight excluding hydrogens is 492 g/mol. The summed E-state index contributed by atoms with van der Waals surface area (Å²) in [6, 6.07) is 19.8. The smallest absolute Gasteiger partial charge is 0.265 e. The van der Waals surface area contributed by atoms with E-state index >= 15 is 0 Å². The quantitative estimate of drug-likeness (QED) is 0.342. The van der Waals surface area contributed by atoms with Crippen LogP contribution in [0.5, 0.6) is 5.75 Å². The minimum atomic E-state index is -4.06. The average Bonchev–Trinajstić information content (AvgIpc) is 2.89. The number of carbonyl (C=O) groups is 1. The van der Waals surface area contributed by atoms with Crippen molar-refractivity contribution >= 4 is 28.2 Å². The summed E-state index contributed by atoms with van der Waals surface area (Å²) in [5.41, 5.74) is 4.55. The highest BCUT2D eigenvalue weighted by Gasteiger charge is 2.52. The first-order chi connectivity index (χ1) is 16.5. The number of hydrogen-bond acceptors (Lipinski definition) is 7. The van der Waals surface area contributed by atoms with E-state index in [4.69, 9.17) is 14.7 Å². The molecule has 0 aliphatic carbocycles. The monoisotopic (exact) mass is 520 g/mol. The number of hydrogen-bond donors (Lipinski definition) is 2. The number of halogens is 1. The Kier molecular flexibility index (Phi) is 8.85. The van der Waals surface area contributed by atoms with Crippen molar-refractivity contribution < 1.29 is 29.3 Å². The molecule has 10 heteroatoms. The van der Waals surface area contributed by atoms with Crippen LogP contribution in [0.25, 0.3) is 11.3 Å². The van der Waals surface area contributed by atoms with Gasteiger partial charge < -0.3 is 9.47 Å². The minimum absolute atomic E-state index is 0. The molecule has 188 valence electrons. The molecule has 2 heterocycles. The van der Waals surface area contributed by atoms with E-state index in [2.05, 4.69) is 11.1 Å². The maximum atomic E-state index is 13.3. The molecule has 1 amide bonds. The number of benzene rings is 2. The lowest BCUT2D eigenvalue weighted by atomic mass is 9.98. The van der Waals surface area contributed by atoms with Crippen molar-refractivity contribution in [3.05, 3.63) is 78.5 Å². The maximum Gasteiger partial charge on any atom is 0.265 e. The van der Waals surface area contributed by atoms with Gasteiger partial charge in [-0.05, 0) is 60.9 Å². The molecule has 8 nitrogen and oxygen atoms in total. The summed E-state index contributed by atoms with van der Waals surface area (Å²) in [7, 11) is -4.06. The van der Waals surface area contributed by atoms with Gasteiger partial charge in [-0.15, -0.1) is 12.4 Å². The zero-order valence-corrected chi connectivity index (χ0v) is 20.6. The predicted molar refractivity (Wildman–Crippen MR) is 135 cm³/mol. The van der Waals surface area contributed by atoms with Crippen molar-refractivity contribution in [2.45, 2.75) is 28.9 Å². The zero-order chi connectivity index (χ0) is 24.0. The molecule has 1 saturated heterocycles. The third-order valence-corrected chi connectivity index (χ3v) is 8.53. The first-order valence-electron chi connectivity index (χ1n) is 11.0. The normalized spacial score (nSPS) is 15.0. The van der Waals surface area contributed by atoms with Gasteiger partial charge in [0, 0.05) is 32.8 Å². The van der Waals surface area contributed by atoms with Crippen molar-refractivity contribution in [3.8, 4) is 17.0 Å². The molecule has 2 N–H and O–H groups in total. The van der Waals surface area contributed by atoms with Crippen molar-refractivity contribution in [3.63, 3.8) is 0 Å². The van der Waals surface area contributed by atoms with E-state index < -0.39 is 20.5 Å². The minimum Gasteiger partial charge on any atom is -0.493 e. The van der Waals surface area contributed by atoms with E-state index in [0.717, 1.165) is 16.8 Å². The number of hydroxylamine groups is 1. The molecule has 0 bridgehead atoms. The van der Waals surface area contributed by atoms with E-state index in [1.54, 1.807) is 18.3 Å². The molecule has 1 aliphatic heterocycles. The van der Waals surface area contributed by atoms with Crippen molar-refractivity contribution in [2.24, 2.45) is 0 Å². The average molecular weight is 521 g/mol. The summed E-state index contributed by atoms with van der Waals surface area (Å²) >= 11 is 0. The van der Waals surface area contributed by atoms with Gasteiger partial charge in [0.15, 0.2) is 14.6 Å². The van der Waals surface area contributed by atoms with Crippen molar-refractivity contribution in [1.82, 2.24) is 10.5 Å². The predicted octanol–water partition coefficient (Wildman–Crippen LogP) is 3.87. The third-order valence-electron chi connectivity index (χ3n) is 6.01. The Morgan fingerprint density at radius 2 is 1.83 bits per heavy atom. The van der Waals surface area contributed by atoms with Gasteiger partial charge >= 0.3 is 0 Å². The summed E-state index contributed by atoms with van der Waals surface area (Å²) in [5.74, 6) is -0.420. The largest absolute Gasteiger partial charge is 0.493 e. The Labute approximate surface area is 212 Å². The van der Waals surface area contributed by atoms with Gasteiger partial charge in [-0.25, -0.2) is 13.9 Å². The van der Waals surface area contributed by atoms with Crippen molar-refractivity contribution in [2.75, 3.05) is 19.8 Å². The van der Waals surface area contributed by atoms with Crippen LogP contribution in [0.1, 0.15) is 19.8 Å². The van der Waals surface area contributed by atoms with Crippen LogP contribution in [-0.2, 0) is 25.8 Å². The second-order valence-electron chi connectivity index (χ2n) is 8.04. The van der Waals surface area contributed by atoms with E-state index in [0.29, 0.717) is 18.8 Å². The number of rotatable bonds is 8. The molecule has 3 aromatic rings. The molecular formula is C25H29ClN2O6S. The lowest BCUT2D eigenvalue weighted by Gasteiger charge is -2.34. The Bertz CT molecular complexity index is 1240. The molecule has 0 unspecified atom stereocenters. The van der Waals surface area contributed by atoms with Crippen LogP contribution in [0.2, 0.25) is 0 Å². The molecule has 1 fully saturated rings. The lowest BCUT2D eigenvalue weighted by molar-refractivity contribution is -0.134. The van der Waals surface area contributed by atoms with Gasteiger partial charge in [-0.3, -0.25) is 15.0 Å². The summed E-state index contributed by atoms with van der Waals surface area (Å²) in [5, 5.41) is 9.15. The van der Waals surface area contributed by atoms with Crippen LogP contribution in [0.4, 0.5) is 0 Å². The first-order valence-corrected chi connectivity index (χ1v) is 12.4. The van der Waals surface area contributed by atoms with Crippen molar-refractivity contribution in [1.29, 1.82) is 0 Å². The van der Waals surface area contributed by atoms with E-state index in [1.807, 2.05) is 36.4 Å². The molecule has 0 radical (unpaired) electrons. The zero-order valence-electron chi connectivity index (χ0n) is 18.9. The maximum absolute atomic E-state index is 13.3. The second-order valence-corrected chi connectivity index (χ2v) is 10.3. The Morgan fingerprint density at radius 3 is 2.49 bits per heavy atom. The number of amides is 1. The van der Waals surface area contributed by atoms with Gasteiger partial charge in [-0.1, -0.05) is 24.3 Å². The Balaban J connectivity index is 0.00000228. The fourth-order valence-corrected chi connectivity index (χ4v) is 6.01. The summed E-state index contributed by atoms with van der Waals surface area (Å²) in [4.78, 5) is 16.7. The number of aromatic nitrogens is 1. The summed E-state index contributed by atoms with van der Waals surface area (Å²) in [6.07, 6.45) is 2.37. The van der Waals surface area contributed by atoms with Gasteiger partial charge in [-0.2, -0.15) is 0 Å². The molecule has 0 atom stereocenters. The molecule has 4 rings (SSSR count). The molecule has 1 aromatic heterocycles.